The van der Waals surface area contributed by atoms with Gasteiger partial charge in [0.1, 0.15) is 0 Å². The van der Waals surface area contributed by atoms with Crippen molar-refractivity contribution in [1.82, 2.24) is 0 Å². The Labute approximate surface area is 79.0 Å². The number of aliphatic hydroxyl groups excluding tert-OH is 2. The Morgan fingerprint density at radius 2 is 2.15 bits per heavy atom. The molecule has 1 aliphatic heterocycles. The van der Waals surface area contributed by atoms with Crippen molar-refractivity contribution < 1.29 is 14.9 Å². The lowest BCUT2D eigenvalue weighted by molar-refractivity contribution is -0.190. The van der Waals surface area contributed by atoms with Crippen LogP contribution in [0.5, 0.6) is 0 Å². The van der Waals surface area contributed by atoms with Gasteiger partial charge in [0.25, 0.3) is 0 Å². The molecule has 0 radical (unpaired) electrons. The summed E-state index contributed by atoms with van der Waals surface area (Å²) in [4.78, 5) is 0. The van der Waals surface area contributed by atoms with E-state index in [9.17, 15) is 10.2 Å². The van der Waals surface area contributed by atoms with Gasteiger partial charge in [-0.1, -0.05) is 6.08 Å². The SMILES string of the molecule is C=CCCC[C@@H]1C[C@H](O)C[C@H](O)O1. The highest BCUT2D eigenvalue weighted by Gasteiger charge is 2.26. The fourth-order valence-corrected chi connectivity index (χ4v) is 1.64. The number of allylic oxidation sites excluding steroid dienone is 1. The van der Waals surface area contributed by atoms with Crippen LogP contribution in [0.4, 0.5) is 0 Å². The molecule has 3 heteroatoms. The number of rotatable bonds is 4. The second-order valence-electron chi connectivity index (χ2n) is 3.56. The molecule has 1 rings (SSSR count). The van der Waals surface area contributed by atoms with Gasteiger partial charge < -0.3 is 14.9 Å². The number of hydrogen-bond donors (Lipinski definition) is 2. The zero-order chi connectivity index (χ0) is 9.68. The molecular formula is C10H18O3. The Kier molecular flexibility index (Phi) is 4.42. The molecule has 0 bridgehead atoms. The Hall–Kier alpha value is -0.380. The topological polar surface area (TPSA) is 49.7 Å². The van der Waals surface area contributed by atoms with Crippen molar-refractivity contribution in [2.75, 3.05) is 0 Å². The normalized spacial score (nSPS) is 34.5. The van der Waals surface area contributed by atoms with Crippen LogP contribution in [-0.2, 0) is 4.74 Å². The van der Waals surface area contributed by atoms with Crippen molar-refractivity contribution >= 4 is 0 Å². The zero-order valence-electron chi connectivity index (χ0n) is 7.85. The molecule has 2 N–H and O–H groups in total. The first-order chi connectivity index (χ1) is 6.22. The highest BCUT2D eigenvalue weighted by atomic mass is 16.6. The molecule has 0 aliphatic carbocycles. The fourth-order valence-electron chi connectivity index (χ4n) is 1.64. The molecular weight excluding hydrogens is 168 g/mol. The van der Waals surface area contributed by atoms with Crippen LogP contribution < -0.4 is 0 Å². The van der Waals surface area contributed by atoms with Gasteiger partial charge in [-0.2, -0.15) is 0 Å². The van der Waals surface area contributed by atoms with Crippen LogP contribution in [0, 0.1) is 0 Å². The number of ether oxygens (including phenoxy) is 1. The van der Waals surface area contributed by atoms with Gasteiger partial charge in [0.15, 0.2) is 6.29 Å². The maximum absolute atomic E-state index is 9.35. The van der Waals surface area contributed by atoms with Crippen LogP contribution in [0.2, 0.25) is 0 Å². The van der Waals surface area contributed by atoms with E-state index in [0.29, 0.717) is 12.8 Å². The predicted molar refractivity (Wildman–Crippen MR) is 50.2 cm³/mol. The van der Waals surface area contributed by atoms with E-state index in [-0.39, 0.29) is 6.10 Å². The van der Waals surface area contributed by atoms with Crippen LogP contribution in [-0.4, -0.2) is 28.7 Å². The molecule has 0 saturated carbocycles. The molecule has 76 valence electrons. The second-order valence-corrected chi connectivity index (χ2v) is 3.56. The molecule has 13 heavy (non-hydrogen) atoms. The monoisotopic (exact) mass is 186 g/mol. The van der Waals surface area contributed by atoms with E-state index in [0.717, 1.165) is 19.3 Å². The Morgan fingerprint density at radius 3 is 2.77 bits per heavy atom. The van der Waals surface area contributed by atoms with Crippen LogP contribution in [0.1, 0.15) is 32.1 Å². The fraction of sp³-hybridized carbons (Fsp3) is 0.800. The van der Waals surface area contributed by atoms with Crippen LogP contribution in [0.25, 0.3) is 0 Å². The Balaban J connectivity index is 2.20. The largest absolute Gasteiger partial charge is 0.393 e. The molecule has 1 saturated heterocycles. The molecule has 1 fully saturated rings. The summed E-state index contributed by atoms with van der Waals surface area (Å²) in [5, 5.41) is 18.6. The first-order valence-corrected chi connectivity index (χ1v) is 4.85. The first kappa shape index (κ1) is 10.7. The Morgan fingerprint density at radius 1 is 1.38 bits per heavy atom. The minimum atomic E-state index is -0.780. The van der Waals surface area contributed by atoms with E-state index in [4.69, 9.17) is 4.74 Å². The van der Waals surface area contributed by atoms with Crippen molar-refractivity contribution in [2.24, 2.45) is 0 Å². The highest BCUT2D eigenvalue weighted by molar-refractivity contribution is 4.74. The molecule has 0 spiro atoms. The molecule has 1 aliphatic rings. The lowest BCUT2D eigenvalue weighted by Crippen LogP contribution is -2.35. The zero-order valence-corrected chi connectivity index (χ0v) is 7.85. The number of aliphatic hydroxyl groups is 2. The molecule has 0 aromatic rings. The van der Waals surface area contributed by atoms with Gasteiger partial charge in [0, 0.05) is 6.42 Å². The summed E-state index contributed by atoms with van der Waals surface area (Å²) in [6, 6.07) is 0. The van der Waals surface area contributed by atoms with E-state index in [1.165, 1.54) is 0 Å². The smallest absolute Gasteiger partial charge is 0.157 e. The van der Waals surface area contributed by atoms with E-state index in [2.05, 4.69) is 6.58 Å². The average Bonchev–Trinajstić information content (AvgIpc) is 2.03. The van der Waals surface area contributed by atoms with Crippen LogP contribution in [0.3, 0.4) is 0 Å². The second kappa shape index (κ2) is 5.37. The van der Waals surface area contributed by atoms with Gasteiger partial charge in [-0.3, -0.25) is 0 Å². The van der Waals surface area contributed by atoms with E-state index < -0.39 is 12.4 Å². The average molecular weight is 186 g/mol. The van der Waals surface area contributed by atoms with E-state index >= 15 is 0 Å². The molecule has 3 nitrogen and oxygen atoms in total. The van der Waals surface area contributed by atoms with Gasteiger partial charge >= 0.3 is 0 Å². The van der Waals surface area contributed by atoms with Gasteiger partial charge in [-0.15, -0.1) is 6.58 Å². The maximum Gasteiger partial charge on any atom is 0.157 e. The number of unbranched alkanes of at least 4 members (excludes halogenated alkanes) is 1. The molecule has 0 aromatic heterocycles. The lowest BCUT2D eigenvalue weighted by atomic mass is 10.0. The summed E-state index contributed by atoms with van der Waals surface area (Å²) in [5.41, 5.74) is 0. The summed E-state index contributed by atoms with van der Waals surface area (Å²) in [6.45, 7) is 3.63. The minimum absolute atomic E-state index is 0.0127. The van der Waals surface area contributed by atoms with E-state index in [1.807, 2.05) is 6.08 Å². The van der Waals surface area contributed by atoms with Crippen molar-refractivity contribution in [3.8, 4) is 0 Å². The van der Waals surface area contributed by atoms with E-state index in [1.54, 1.807) is 0 Å². The summed E-state index contributed by atoms with van der Waals surface area (Å²) in [7, 11) is 0. The van der Waals surface area contributed by atoms with Gasteiger partial charge in [0.2, 0.25) is 0 Å². The molecule has 0 unspecified atom stereocenters. The predicted octanol–water partition coefficient (Wildman–Crippen LogP) is 1.20. The molecule has 1 heterocycles. The summed E-state index contributed by atoms with van der Waals surface area (Å²) in [6.07, 6.45) is 4.55. The molecule has 0 aromatic carbocycles. The maximum atomic E-state index is 9.35. The Bertz CT molecular complexity index is 148. The van der Waals surface area contributed by atoms with Crippen molar-refractivity contribution in [1.29, 1.82) is 0 Å². The highest BCUT2D eigenvalue weighted by Crippen LogP contribution is 2.21. The third-order valence-electron chi connectivity index (χ3n) is 2.29. The molecule has 0 amide bonds. The molecule has 3 atom stereocenters. The third-order valence-corrected chi connectivity index (χ3v) is 2.29. The van der Waals surface area contributed by atoms with Gasteiger partial charge in [-0.25, -0.2) is 0 Å². The number of hydrogen-bond acceptors (Lipinski definition) is 3. The van der Waals surface area contributed by atoms with Crippen molar-refractivity contribution in [2.45, 2.75) is 50.6 Å². The van der Waals surface area contributed by atoms with Crippen molar-refractivity contribution in [3.05, 3.63) is 12.7 Å². The minimum Gasteiger partial charge on any atom is -0.393 e. The summed E-state index contributed by atoms with van der Waals surface area (Å²) in [5.74, 6) is 0. The standard InChI is InChI=1S/C10H18O3/c1-2-3-4-5-9-6-8(11)7-10(12)13-9/h2,8-12H,1,3-7H2/t8-,9+,10+/m0/s1. The van der Waals surface area contributed by atoms with Gasteiger partial charge in [-0.05, 0) is 25.7 Å². The first-order valence-electron chi connectivity index (χ1n) is 4.85. The quantitative estimate of drug-likeness (QED) is 0.512. The van der Waals surface area contributed by atoms with Crippen LogP contribution >= 0.6 is 0 Å². The third kappa shape index (κ3) is 3.89. The van der Waals surface area contributed by atoms with Crippen LogP contribution in [0.15, 0.2) is 12.7 Å². The lowest BCUT2D eigenvalue weighted by Gasteiger charge is -2.30. The van der Waals surface area contributed by atoms with Gasteiger partial charge in [0.05, 0.1) is 12.2 Å². The summed E-state index contributed by atoms with van der Waals surface area (Å²) >= 11 is 0. The summed E-state index contributed by atoms with van der Waals surface area (Å²) < 4.78 is 5.26. The van der Waals surface area contributed by atoms with Crippen molar-refractivity contribution in [3.63, 3.8) is 0 Å².